The molecule has 4 atom stereocenters. The molecule has 2 aliphatic rings. The number of benzene rings is 2. The predicted molar refractivity (Wildman–Crippen MR) is 221 cm³/mol. The molecule has 1 aliphatic carbocycles. The zero-order valence-corrected chi connectivity index (χ0v) is 36.8. The van der Waals surface area contributed by atoms with E-state index in [0.29, 0.717) is 6.42 Å². The molecule has 274 valence electrons. The third-order valence-corrected chi connectivity index (χ3v) is 24.9. The molecule has 1 heterocycles. The number of ether oxygens (including phenoxy) is 1. The molecule has 50 heavy (non-hydrogen) atoms. The van der Waals surface area contributed by atoms with Crippen LogP contribution in [-0.2, 0) is 18.0 Å². The fourth-order valence-electron chi connectivity index (χ4n) is 5.58. The van der Waals surface area contributed by atoms with Crippen LogP contribution in [0.5, 0.6) is 0 Å². The zero-order chi connectivity index (χ0) is 37.3. The molecule has 7 heteroatoms. The predicted octanol–water partition coefficient (Wildman–Crippen LogP) is 13.0. The van der Waals surface area contributed by atoms with Crippen LogP contribution in [0, 0.1) is 5.92 Å². The second-order valence-corrected chi connectivity index (χ2v) is 33.1. The van der Waals surface area contributed by atoms with Crippen LogP contribution in [0.2, 0.25) is 54.4 Å². The summed E-state index contributed by atoms with van der Waals surface area (Å²) in [5.74, 6) is 3.04. The Balaban J connectivity index is 1.87. The average Bonchev–Trinajstić information content (AvgIpc) is 2.98. The molecular formula is C43H66O4Si3. The van der Waals surface area contributed by atoms with E-state index in [4.69, 9.17) is 18.0 Å². The van der Waals surface area contributed by atoms with Crippen molar-refractivity contribution in [3.05, 3.63) is 113 Å². The topological polar surface area (TPSA) is 36.9 Å². The van der Waals surface area contributed by atoms with E-state index in [9.17, 15) is 0 Å². The van der Waals surface area contributed by atoms with Crippen LogP contribution >= 0.6 is 0 Å². The van der Waals surface area contributed by atoms with Crippen LogP contribution in [0.1, 0.15) is 85.8 Å². The molecule has 0 aromatic heterocycles. The minimum absolute atomic E-state index is 0.0348. The molecule has 0 spiro atoms. The molecule has 0 amide bonds. The Kier molecular flexibility index (Phi) is 11.9. The van der Waals surface area contributed by atoms with Gasteiger partial charge in [0.1, 0.15) is 11.9 Å². The van der Waals surface area contributed by atoms with Gasteiger partial charge in [-0.25, -0.2) is 0 Å². The van der Waals surface area contributed by atoms with Crippen molar-refractivity contribution in [2.24, 2.45) is 5.92 Å². The third kappa shape index (κ3) is 9.64. The van der Waals surface area contributed by atoms with E-state index in [1.165, 1.54) is 5.56 Å². The highest BCUT2D eigenvalue weighted by molar-refractivity contribution is 6.75. The number of hydrogen-bond donors (Lipinski definition) is 0. The monoisotopic (exact) mass is 730 g/mol. The van der Waals surface area contributed by atoms with Crippen LogP contribution in [0.4, 0.5) is 0 Å². The van der Waals surface area contributed by atoms with Gasteiger partial charge >= 0.3 is 0 Å². The highest BCUT2D eigenvalue weighted by Crippen LogP contribution is 2.50. The smallest absolute Gasteiger partial charge is 0.250 e. The molecule has 0 radical (unpaired) electrons. The molecule has 0 unspecified atom stereocenters. The minimum atomic E-state index is -2.20. The quantitative estimate of drug-likeness (QED) is 0.139. The molecule has 2 aromatic carbocycles. The van der Waals surface area contributed by atoms with Crippen molar-refractivity contribution < 1.29 is 18.0 Å². The van der Waals surface area contributed by atoms with Crippen molar-refractivity contribution in [1.29, 1.82) is 0 Å². The van der Waals surface area contributed by atoms with E-state index in [1.807, 2.05) is 6.07 Å². The van der Waals surface area contributed by atoms with Gasteiger partial charge in [-0.1, -0.05) is 129 Å². The van der Waals surface area contributed by atoms with Crippen LogP contribution < -0.4 is 0 Å². The molecule has 0 saturated carbocycles. The van der Waals surface area contributed by atoms with Crippen molar-refractivity contribution in [1.82, 2.24) is 0 Å². The largest absolute Gasteiger partial charge is 0.547 e. The van der Waals surface area contributed by atoms with Crippen molar-refractivity contribution in [2.45, 2.75) is 141 Å². The molecule has 1 aliphatic heterocycles. The molecule has 0 bridgehead atoms. The number of rotatable bonds is 10. The summed E-state index contributed by atoms with van der Waals surface area (Å²) in [5, 5.41) is 0.180. The summed E-state index contributed by atoms with van der Waals surface area (Å²) in [5.41, 5.74) is 2.39. The Labute approximate surface area is 308 Å². The van der Waals surface area contributed by atoms with Gasteiger partial charge in [0.05, 0.1) is 23.5 Å². The zero-order valence-electron chi connectivity index (χ0n) is 33.8. The summed E-state index contributed by atoms with van der Waals surface area (Å²) < 4.78 is 28.6. The maximum Gasteiger partial charge on any atom is 0.250 e. The van der Waals surface area contributed by atoms with Gasteiger partial charge in [-0.3, -0.25) is 0 Å². The molecule has 2 aromatic rings. The Morgan fingerprint density at radius 2 is 1.20 bits per heavy atom. The maximum atomic E-state index is 7.33. The van der Waals surface area contributed by atoms with Gasteiger partial charge in [0.15, 0.2) is 0 Å². The summed E-state index contributed by atoms with van der Waals surface area (Å²) >= 11 is 0. The van der Waals surface area contributed by atoms with Crippen LogP contribution in [0.15, 0.2) is 102 Å². The Morgan fingerprint density at radius 3 is 1.74 bits per heavy atom. The fourth-order valence-corrected chi connectivity index (χ4v) is 8.83. The summed E-state index contributed by atoms with van der Waals surface area (Å²) in [7, 11) is -6.45. The first-order chi connectivity index (χ1) is 22.9. The first kappa shape index (κ1) is 40.2. The summed E-state index contributed by atoms with van der Waals surface area (Å²) in [6.07, 6.45) is 11.3. The third-order valence-electron chi connectivity index (χ3n) is 11.8. The molecule has 0 N–H and O–H groups in total. The van der Waals surface area contributed by atoms with E-state index in [2.05, 4.69) is 187 Å². The van der Waals surface area contributed by atoms with E-state index >= 15 is 0 Å². The van der Waals surface area contributed by atoms with E-state index in [-0.39, 0.29) is 39.2 Å². The van der Waals surface area contributed by atoms with Crippen molar-refractivity contribution in [3.8, 4) is 0 Å². The Bertz CT molecular complexity index is 1570. The van der Waals surface area contributed by atoms with Crippen molar-refractivity contribution in [2.75, 3.05) is 0 Å². The molecule has 0 saturated heterocycles. The van der Waals surface area contributed by atoms with Gasteiger partial charge in [0.2, 0.25) is 25.0 Å². The lowest BCUT2D eigenvalue weighted by molar-refractivity contribution is -0.0334. The highest BCUT2D eigenvalue weighted by atomic mass is 28.4. The van der Waals surface area contributed by atoms with E-state index in [0.717, 1.165) is 22.8 Å². The molecular weight excluding hydrogens is 665 g/mol. The second kappa shape index (κ2) is 14.8. The van der Waals surface area contributed by atoms with Crippen LogP contribution in [0.3, 0.4) is 0 Å². The standard InChI is InChI=1S/C43H66O4Si3/c1-41(2,3)48(10,11)45-34(27-26-32-22-18-16-19-23-32)28-35-30-39(47-50(14,15)43(7,8)9)40-37(33-24-20-17-21-25-33)29-36(31-38(40)44-35)46-49(12,13)42(4,5)6/h16-30,35,37-38,40H,31H2,1-15H3/b27-26+,34-28-/t35-,37-,38-,40+/m0/s1. The number of fused-ring (bicyclic) bond motifs is 1. The summed E-state index contributed by atoms with van der Waals surface area (Å²) in [6.45, 7) is 34.7. The first-order valence-electron chi connectivity index (χ1n) is 18.6. The SMILES string of the molecule is CC(C)(C)[Si](C)(C)OC1=C[C@@H](c2ccccc2)[C@H]2C(O[Si](C)(C)C(C)(C)C)=C[C@H](/C=C(/C=C/c3ccccc3)O[Si](C)(C)C(C)(C)C)O[C@H]2C1. The van der Waals surface area contributed by atoms with Crippen LogP contribution in [0.25, 0.3) is 6.08 Å². The average molecular weight is 731 g/mol. The Hall–Kier alpha value is -2.59. The second-order valence-electron chi connectivity index (χ2n) is 18.9. The van der Waals surface area contributed by atoms with E-state index < -0.39 is 25.0 Å². The first-order valence-corrected chi connectivity index (χ1v) is 27.3. The lowest BCUT2D eigenvalue weighted by Crippen LogP contribution is -2.47. The number of allylic oxidation sites excluding steroid dienone is 2. The van der Waals surface area contributed by atoms with Gasteiger partial charge in [0, 0.05) is 12.3 Å². The van der Waals surface area contributed by atoms with Gasteiger partial charge in [-0.2, -0.15) is 0 Å². The summed E-state index contributed by atoms with van der Waals surface area (Å²) in [6, 6.07) is 21.3. The van der Waals surface area contributed by atoms with Crippen molar-refractivity contribution >= 4 is 31.0 Å². The van der Waals surface area contributed by atoms with Crippen LogP contribution in [-0.4, -0.2) is 37.2 Å². The minimum Gasteiger partial charge on any atom is -0.547 e. The van der Waals surface area contributed by atoms with Crippen molar-refractivity contribution in [3.63, 3.8) is 0 Å². The van der Waals surface area contributed by atoms with Gasteiger partial charge in [0.25, 0.3) is 0 Å². The lowest BCUT2D eigenvalue weighted by Gasteiger charge is -2.47. The van der Waals surface area contributed by atoms with E-state index in [1.54, 1.807) is 0 Å². The lowest BCUT2D eigenvalue weighted by atomic mass is 9.74. The highest BCUT2D eigenvalue weighted by Gasteiger charge is 2.48. The Morgan fingerprint density at radius 1 is 0.680 bits per heavy atom. The summed E-state index contributed by atoms with van der Waals surface area (Å²) in [4.78, 5) is 0. The van der Waals surface area contributed by atoms with Gasteiger partial charge < -0.3 is 18.0 Å². The molecule has 4 rings (SSSR count). The molecule has 0 fully saturated rings. The number of hydrogen-bond acceptors (Lipinski definition) is 4. The fraction of sp³-hybridized carbons (Fsp3) is 0.535. The van der Waals surface area contributed by atoms with Gasteiger partial charge in [-0.15, -0.1) is 0 Å². The van der Waals surface area contributed by atoms with Gasteiger partial charge in [-0.05, 0) is 89.8 Å². The maximum absolute atomic E-state index is 7.33. The molecule has 4 nitrogen and oxygen atoms in total. The normalized spacial score (nSPS) is 22.8.